The van der Waals surface area contributed by atoms with Gasteiger partial charge in [0.1, 0.15) is 0 Å². The van der Waals surface area contributed by atoms with Gasteiger partial charge < -0.3 is 5.32 Å². The van der Waals surface area contributed by atoms with Crippen molar-refractivity contribution < 1.29 is 4.79 Å². The van der Waals surface area contributed by atoms with E-state index in [2.05, 4.69) is 36.4 Å². The van der Waals surface area contributed by atoms with Gasteiger partial charge >= 0.3 is 0 Å². The molecule has 0 bridgehead atoms. The fourth-order valence-electron chi connectivity index (χ4n) is 1.83. The van der Waals surface area contributed by atoms with E-state index in [0.717, 1.165) is 21.3 Å². The fraction of sp³-hybridized carbons (Fsp3) is 0. The quantitative estimate of drug-likeness (QED) is 0.680. The number of halogens is 1. The molecule has 1 aliphatic heterocycles. The highest BCUT2D eigenvalue weighted by atomic mass is 79.9. The van der Waals surface area contributed by atoms with Gasteiger partial charge in [0.2, 0.25) is 0 Å². The summed E-state index contributed by atoms with van der Waals surface area (Å²) in [7, 11) is 0. The summed E-state index contributed by atoms with van der Waals surface area (Å²) in [5, 5.41) is 10.7. The van der Waals surface area contributed by atoms with Crippen LogP contribution in [0.25, 0.3) is 0 Å². The predicted octanol–water partition coefficient (Wildman–Crippen LogP) is 2.62. The summed E-state index contributed by atoms with van der Waals surface area (Å²) in [5.74, 6) is -0.245. The van der Waals surface area contributed by atoms with Gasteiger partial charge in [-0.2, -0.15) is 5.10 Å². The van der Waals surface area contributed by atoms with Crippen LogP contribution in [0.5, 0.6) is 0 Å². The van der Waals surface area contributed by atoms with Crippen molar-refractivity contribution in [2.75, 3.05) is 5.32 Å². The van der Waals surface area contributed by atoms with Crippen molar-refractivity contribution >= 4 is 39.5 Å². The number of carbonyl (C=O) groups is 1. The van der Waals surface area contributed by atoms with Crippen LogP contribution in [-0.2, 0) is 4.79 Å². The van der Waals surface area contributed by atoms with Crippen molar-refractivity contribution in [1.29, 1.82) is 0 Å². The normalized spacial score (nSPS) is 15.7. The largest absolute Gasteiger partial charge is 0.320 e. The van der Waals surface area contributed by atoms with Crippen molar-refractivity contribution in [1.82, 2.24) is 4.98 Å². The van der Waals surface area contributed by atoms with E-state index in [4.69, 9.17) is 0 Å². The minimum atomic E-state index is -0.245. The Morgan fingerprint density at radius 2 is 2.00 bits per heavy atom. The molecule has 0 atom stereocenters. The van der Waals surface area contributed by atoms with Crippen LogP contribution in [0.1, 0.15) is 11.1 Å². The number of hydrogen-bond acceptors (Lipinski definition) is 4. The van der Waals surface area contributed by atoms with Crippen molar-refractivity contribution in [2.45, 2.75) is 0 Å². The average molecular weight is 329 g/mol. The molecule has 0 saturated carbocycles. The lowest BCUT2D eigenvalue weighted by molar-refractivity contribution is -0.110. The second-order valence-corrected chi connectivity index (χ2v) is 5.03. The first-order valence-electron chi connectivity index (χ1n) is 5.86. The summed E-state index contributed by atoms with van der Waals surface area (Å²) < 4.78 is 0.888. The molecule has 20 heavy (non-hydrogen) atoms. The van der Waals surface area contributed by atoms with E-state index in [1.807, 2.05) is 30.3 Å². The first-order valence-corrected chi connectivity index (χ1v) is 6.66. The first-order chi connectivity index (χ1) is 9.74. The molecule has 0 fully saturated rings. The third-order valence-corrected chi connectivity index (χ3v) is 3.26. The van der Waals surface area contributed by atoms with Crippen molar-refractivity contribution in [2.24, 2.45) is 10.2 Å². The molecule has 1 aromatic heterocycles. The Labute approximate surface area is 123 Å². The molecule has 0 radical (unpaired) electrons. The molecule has 6 heteroatoms. The van der Waals surface area contributed by atoms with E-state index < -0.39 is 0 Å². The lowest BCUT2D eigenvalue weighted by Gasteiger charge is -1.96. The molecule has 0 aliphatic carbocycles. The van der Waals surface area contributed by atoms with E-state index in [-0.39, 0.29) is 5.91 Å². The second kappa shape index (κ2) is 5.34. The SMILES string of the molecule is O=C1Nc2ccc(Br)cc2C1=NN=Cc1ccncc1. The Balaban J connectivity index is 1.91. The molecule has 1 amide bonds. The van der Waals surface area contributed by atoms with Crippen molar-refractivity contribution in [3.63, 3.8) is 0 Å². The van der Waals surface area contributed by atoms with Gasteiger partial charge in [0.15, 0.2) is 5.71 Å². The van der Waals surface area contributed by atoms with Gasteiger partial charge in [-0.15, -0.1) is 5.10 Å². The number of anilines is 1. The molecule has 2 aromatic rings. The summed E-state index contributed by atoms with van der Waals surface area (Å²) in [6.07, 6.45) is 4.92. The summed E-state index contributed by atoms with van der Waals surface area (Å²) >= 11 is 3.38. The zero-order valence-corrected chi connectivity index (χ0v) is 11.8. The molecule has 1 aliphatic rings. The van der Waals surface area contributed by atoms with Gasteiger partial charge in [-0.1, -0.05) is 15.9 Å². The van der Waals surface area contributed by atoms with Gasteiger partial charge in [-0.3, -0.25) is 9.78 Å². The number of pyridine rings is 1. The highest BCUT2D eigenvalue weighted by Gasteiger charge is 2.26. The lowest BCUT2D eigenvalue weighted by atomic mass is 10.1. The zero-order valence-electron chi connectivity index (χ0n) is 10.2. The maximum atomic E-state index is 11.8. The standard InChI is InChI=1S/C14H9BrN4O/c15-10-1-2-12-11(7-10)13(14(20)18-12)19-17-8-9-3-5-16-6-4-9/h1-8H,(H,18,19,20). The number of rotatable bonds is 2. The van der Waals surface area contributed by atoms with Gasteiger partial charge in [0.25, 0.3) is 5.91 Å². The molecular formula is C14H9BrN4O. The molecule has 0 spiro atoms. The maximum Gasteiger partial charge on any atom is 0.276 e. The summed E-state index contributed by atoms with van der Waals surface area (Å²) in [5.41, 5.74) is 2.68. The minimum absolute atomic E-state index is 0.245. The molecule has 1 aromatic carbocycles. The number of hydrogen-bond donors (Lipinski definition) is 1. The molecule has 98 valence electrons. The number of nitrogens with zero attached hydrogens (tertiary/aromatic N) is 3. The molecule has 2 heterocycles. The second-order valence-electron chi connectivity index (χ2n) is 4.12. The average Bonchev–Trinajstić information content (AvgIpc) is 2.76. The van der Waals surface area contributed by atoms with Gasteiger partial charge in [0, 0.05) is 22.4 Å². The lowest BCUT2D eigenvalue weighted by Crippen LogP contribution is -2.13. The third kappa shape index (κ3) is 2.50. The summed E-state index contributed by atoms with van der Waals surface area (Å²) in [4.78, 5) is 15.8. The highest BCUT2D eigenvalue weighted by molar-refractivity contribution is 9.10. The van der Waals surface area contributed by atoms with Crippen LogP contribution in [-0.4, -0.2) is 22.8 Å². The van der Waals surface area contributed by atoms with E-state index >= 15 is 0 Å². The number of aromatic nitrogens is 1. The van der Waals surface area contributed by atoms with E-state index in [1.165, 1.54) is 0 Å². The van der Waals surface area contributed by atoms with Crippen LogP contribution in [0.15, 0.2) is 57.4 Å². The molecular weight excluding hydrogens is 320 g/mol. The Hall–Kier alpha value is -2.34. The van der Waals surface area contributed by atoms with Gasteiger partial charge in [0.05, 0.1) is 11.9 Å². The molecule has 5 nitrogen and oxygen atoms in total. The van der Waals surface area contributed by atoms with Crippen LogP contribution in [0.4, 0.5) is 5.69 Å². The van der Waals surface area contributed by atoms with Gasteiger partial charge in [-0.05, 0) is 35.9 Å². The number of fused-ring (bicyclic) bond motifs is 1. The van der Waals surface area contributed by atoms with Crippen molar-refractivity contribution in [3.05, 3.63) is 58.3 Å². The Bertz CT molecular complexity index is 725. The van der Waals surface area contributed by atoms with E-state index in [9.17, 15) is 4.79 Å². The molecule has 1 N–H and O–H groups in total. The van der Waals surface area contributed by atoms with Crippen LogP contribution < -0.4 is 5.32 Å². The Morgan fingerprint density at radius 1 is 1.20 bits per heavy atom. The summed E-state index contributed by atoms with van der Waals surface area (Å²) in [6.45, 7) is 0. The number of nitrogens with one attached hydrogen (secondary N) is 1. The van der Waals surface area contributed by atoms with Crippen LogP contribution in [0.3, 0.4) is 0 Å². The van der Waals surface area contributed by atoms with E-state index in [0.29, 0.717) is 5.71 Å². The maximum absolute atomic E-state index is 11.8. The number of carbonyl (C=O) groups excluding carboxylic acids is 1. The Morgan fingerprint density at radius 3 is 2.80 bits per heavy atom. The van der Waals surface area contributed by atoms with Crippen LogP contribution >= 0.6 is 15.9 Å². The third-order valence-electron chi connectivity index (χ3n) is 2.77. The van der Waals surface area contributed by atoms with Crippen LogP contribution in [0, 0.1) is 0 Å². The molecule has 3 rings (SSSR count). The first kappa shape index (κ1) is 12.7. The Kier molecular flexibility index (Phi) is 3.39. The molecule has 0 saturated heterocycles. The fourth-order valence-corrected chi connectivity index (χ4v) is 2.19. The van der Waals surface area contributed by atoms with Gasteiger partial charge in [-0.25, -0.2) is 0 Å². The number of benzene rings is 1. The topological polar surface area (TPSA) is 66.7 Å². The summed E-state index contributed by atoms with van der Waals surface area (Å²) in [6, 6.07) is 9.15. The minimum Gasteiger partial charge on any atom is -0.320 e. The van der Waals surface area contributed by atoms with Crippen LogP contribution in [0.2, 0.25) is 0 Å². The monoisotopic (exact) mass is 328 g/mol. The smallest absolute Gasteiger partial charge is 0.276 e. The number of amides is 1. The highest BCUT2D eigenvalue weighted by Crippen LogP contribution is 2.26. The zero-order chi connectivity index (χ0) is 13.9. The van der Waals surface area contributed by atoms with Crippen molar-refractivity contribution in [3.8, 4) is 0 Å². The predicted molar refractivity (Wildman–Crippen MR) is 81.1 cm³/mol. The molecule has 0 unspecified atom stereocenters. The van der Waals surface area contributed by atoms with E-state index in [1.54, 1.807) is 18.6 Å².